The number of piperidine rings is 2. The van der Waals surface area contributed by atoms with E-state index in [0.717, 1.165) is 76.0 Å². The van der Waals surface area contributed by atoms with Crippen LogP contribution in [0, 0.1) is 0 Å². The Labute approximate surface area is 187 Å². The van der Waals surface area contributed by atoms with E-state index in [2.05, 4.69) is 34.3 Å². The minimum atomic E-state index is -0.0343. The molecule has 2 atom stereocenters. The minimum Gasteiger partial charge on any atom is -0.351 e. The van der Waals surface area contributed by atoms with E-state index < -0.39 is 0 Å². The van der Waals surface area contributed by atoms with E-state index in [9.17, 15) is 9.59 Å². The van der Waals surface area contributed by atoms with Crippen molar-refractivity contribution in [2.45, 2.75) is 83.8 Å². The molecule has 3 rings (SSSR count). The van der Waals surface area contributed by atoms with E-state index in [-0.39, 0.29) is 23.9 Å². The van der Waals surface area contributed by atoms with Crippen molar-refractivity contribution in [3.8, 4) is 0 Å². The van der Waals surface area contributed by atoms with Crippen LogP contribution >= 0.6 is 0 Å². The summed E-state index contributed by atoms with van der Waals surface area (Å²) in [5, 5.41) is 6.24. The van der Waals surface area contributed by atoms with Gasteiger partial charge in [0.05, 0.1) is 12.1 Å². The van der Waals surface area contributed by atoms with E-state index >= 15 is 0 Å². The quantitative estimate of drug-likeness (QED) is 0.628. The number of benzene rings is 1. The highest BCUT2D eigenvalue weighted by Gasteiger charge is 2.29. The van der Waals surface area contributed by atoms with E-state index in [1.54, 1.807) is 0 Å². The van der Waals surface area contributed by atoms with Gasteiger partial charge in [-0.1, -0.05) is 38.8 Å². The molecule has 0 bridgehead atoms. The van der Waals surface area contributed by atoms with E-state index in [4.69, 9.17) is 0 Å². The van der Waals surface area contributed by atoms with Crippen molar-refractivity contribution >= 4 is 17.5 Å². The summed E-state index contributed by atoms with van der Waals surface area (Å²) in [6.07, 6.45) is 8.60. The molecule has 2 saturated heterocycles. The van der Waals surface area contributed by atoms with Crippen LogP contribution in [-0.4, -0.2) is 59.9 Å². The highest BCUT2D eigenvalue weighted by Crippen LogP contribution is 2.20. The van der Waals surface area contributed by atoms with Gasteiger partial charge in [0.15, 0.2) is 0 Å². The van der Waals surface area contributed by atoms with Crippen LogP contribution in [-0.2, 0) is 16.1 Å². The van der Waals surface area contributed by atoms with Gasteiger partial charge in [-0.15, -0.1) is 0 Å². The molecule has 6 nitrogen and oxygen atoms in total. The lowest BCUT2D eigenvalue weighted by atomic mass is 10.0. The summed E-state index contributed by atoms with van der Waals surface area (Å²) in [6, 6.07) is 7.83. The van der Waals surface area contributed by atoms with Gasteiger partial charge in [-0.2, -0.15) is 0 Å². The molecule has 2 amide bonds. The third kappa shape index (κ3) is 6.78. The smallest absolute Gasteiger partial charge is 0.241 e. The third-order valence-corrected chi connectivity index (χ3v) is 6.52. The van der Waals surface area contributed by atoms with Crippen LogP contribution in [0.5, 0.6) is 0 Å². The number of carbonyl (C=O) groups is 2. The van der Waals surface area contributed by atoms with Gasteiger partial charge in [0.1, 0.15) is 0 Å². The Morgan fingerprint density at radius 1 is 0.903 bits per heavy atom. The zero-order valence-electron chi connectivity index (χ0n) is 19.4. The summed E-state index contributed by atoms with van der Waals surface area (Å²) in [4.78, 5) is 30.3. The van der Waals surface area contributed by atoms with Crippen LogP contribution in [0.4, 0.5) is 5.69 Å². The first-order valence-corrected chi connectivity index (χ1v) is 12.3. The lowest BCUT2D eigenvalue weighted by molar-refractivity contribution is -0.127. The zero-order chi connectivity index (χ0) is 22.1. The second-order valence-corrected chi connectivity index (χ2v) is 9.00. The molecule has 1 aromatic rings. The molecule has 1 aromatic carbocycles. The molecule has 2 fully saturated rings. The van der Waals surface area contributed by atoms with Gasteiger partial charge in [0.25, 0.3) is 0 Å². The van der Waals surface area contributed by atoms with Crippen molar-refractivity contribution in [2.75, 3.05) is 31.5 Å². The molecule has 31 heavy (non-hydrogen) atoms. The largest absolute Gasteiger partial charge is 0.351 e. The van der Waals surface area contributed by atoms with E-state index in [1.165, 1.54) is 12.8 Å². The number of hydrogen-bond acceptors (Lipinski definition) is 4. The predicted molar refractivity (Wildman–Crippen MR) is 126 cm³/mol. The molecule has 0 spiro atoms. The number of nitrogens with one attached hydrogen (secondary N) is 2. The van der Waals surface area contributed by atoms with E-state index in [1.807, 2.05) is 24.3 Å². The zero-order valence-corrected chi connectivity index (χ0v) is 19.4. The van der Waals surface area contributed by atoms with Gasteiger partial charge in [0.2, 0.25) is 11.8 Å². The lowest BCUT2D eigenvalue weighted by Crippen LogP contribution is -2.49. The SMILES string of the molecule is CCCN1CCCCC1C(=O)NCc1cccc(NC(=O)C2CCCCN2CCC)c1. The van der Waals surface area contributed by atoms with Crippen molar-refractivity contribution in [1.82, 2.24) is 15.1 Å². The summed E-state index contributed by atoms with van der Waals surface area (Å²) in [5.74, 6) is 0.215. The average molecular weight is 429 g/mol. The molecular weight excluding hydrogens is 388 g/mol. The van der Waals surface area contributed by atoms with Crippen molar-refractivity contribution in [3.05, 3.63) is 29.8 Å². The topological polar surface area (TPSA) is 64.7 Å². The maximum absolute atomic E-state index is 12.9. The number of amides is 2. The number of anilines is 1. The van der Waals surface area contributed by atoms with Gasteiger partial charge in [0, 0.05) is 12.2 Å². The summed E-state index contributed by atoms with van der Waals surface area (Å²) in [7, 11) is 0. The van der Waals surface area contributed by atoms with Gasteiger partial charge in [-0.25, -0.2) is 0 Å². The molecule has 0 saturated carbocycles. The number of nitrogens with zero attached hydrogens (tertiary/aromatic N) is 2. The molecular formula is C25H40N4O2. The van der Waals surface area contributed by atoms with Crippen LogP contribution in [0.15, 0.2) is 24.3 Å². The molecule has 2 unspecified atom stereocenters. The van der Waals surface area contributed by atoms with Gasteiger partial charge in [-0.3, -0.25) is 19.4 Å². The monoisotopic (exact) mass is 428 g/mol. The van der Waals surface area contributed by atoms with Crippen molar-refractivity contribution in [2.24, 2.45) is 0 Å². The fourth-order valence-corrected chi connectivity index (χ4v) is 4.98. The molecule has 2 heterocycles. The van der Waals surface area contributed by atoms with Crippen LogP contribution in [0.25, 0.3) is 0 Å². The Morgan fingerprint density at radius 3 is 2.13 bits per heavy atom. The third-order valence-electron chi connectivity index (χ3n) is 6.52. The molecule has 2 aliphatic heterocycles. The minimum absolute atomic E-state index is 0.00700. The standard InChI is InChI=1S/C25H40N4O2/c1-3-14-28-16-7-5-12-22(28)24(30)26-19-20-10-9-11-21(18-20)27-25(31)23-13-6-8-17-29(23)15-4-2/h9-11,18,22-23H,3-8,12-17,19H2,1-2H3,(H,26,30)(H,27,31). The normalized spacial score (nSPS) is 22.8. The maximum atomic E-state index is 12.9. The summed E-state index contributed by atoms with van der Waals surface area (Å²) in [5.41, 5.74) is 1.82. The number of likely N-dealkylation sites (tertiary alicyclic amines) is 2. The Balaban J connectivity index is 1.55. The molecule has 2 aliphatic rings. The lowest BCUT2D eigenvalue weighted by Gasteiger charge is -2.34. The summed E-state index contributed by atoms with van der Waals surface area (Å²) < 4.78 is 0. The first-order chi connectivity index (χ1) is 15.1. The van der Waals surface area contributed by atoms with Crippen molar-refractivity contribution in [3.63, 3.8) is 0 Å². The number of rotatable bonds is 9. The van der Waals surface area contributed by atoms with Gasteiger partial charge < -0.3 is 10.6 Å². The molecule has 2 N–H and O–H groups in total. The Hall–Kier alpha value is -1.92. The maximum Gasteiger partial charge on any atom is 0.241 e. The van der Waals surface area contributed by atoms with Crippen LogP contribution in [0.3, 0.4) is 0 Å². The van der Waals surface area contributed by atoms with Crippen molar-refractivity contribution < 1.29 is 9.59 Å². The molecule has 0 radical (unpaired) electrons. The second kappa shape index (κ2) is 12.2. The first-order valence-electron chi connectivity index (χ1n) is 12.3. The van der Waals surface area contributed by atoms with E-state index in [0.29, 0.717) is 6.54 Å². The molecule has 172 valence electrons. The Bertz CT molecular complexity index is 719. The summed E-state index contributed by atoms with van der Waals surface area (Å²) in [6.45, 7) is 8.80. The molecule has 0 aliphatic carbocycles. The fourth-order valence-electron chi connectivity index (χ4n) is 4.98. The van der Waals surface area contributed by atoms with Crippen LogP contribution < -0.4 is 10.6 Å². The number of carbonyl (C=O) groups excluding carboxylic acids is 2. The van der Waals surface area contributed by atoms with Crippen molar-refractivity contribution in [1.29, 1.82) is 0 Å². The van der Waals surface area contributed by atoms with Crippen LogP contribution in [0.1, 0.15) is 70.8 Å². The van der Waals surface area contributed by atoms with Gasteiger partial charge >= 0.3 is 0 Å². The highest BCUT2D eigenvalue weighted by molar-refractivity contribution is 5.95. The van der Waals surface area contributed by atoms with Gasteiger partial charge in [-0.05, 0) is 82.4 Å². The predicted octanol–water partition coefficient (Wildman–Crippen LogP) is 3.77. The Morgan fingerprint density at radius 2 is 1.52 bits per heavy atom. The highest BCUT2D eigenvalue weighted by atomic mass is 16.2. The fraction of sp³-hybridized carbons (Fsp3) is 0.680. The molecule has 6 heteroatoms. The molecule has 0 aromatic heterocycles. The second-order valence-electron chi connectivity index (χ2n) is 9.00. The van der Waals surface area contributed by atoms with Crippen LogP contribution in [0.2, 0.25) is 0 Å². The Kier molecular flexibility index (Phi) is 9.34. The first kappa shape index (κ1) is 23.7. The number of hydrogen-bond donors (Lipinski definition) is 2. The average Bonchev–Trinajstić information content (AvgIpc) is 2.79. The summed E-state index contributed by atoms with van der Waals surface area (Å²) >= 11 is 0.